The van der Waals surface area contributed by atoms with Gasteiger partial charge in [0.1, 0.15) is 5.58 Å². The number of aryl methyl sites for hydroxylation is 1. The lowest BCUT2D eigenvalue weighted by Crippen LogP contribution is -2.49. The Hall–Kier alpha value is -2.14. The van der Waals surface area contributed by atoms with Crippen LogP contribution >= 0.6 is 0 Å². The molecule has 1 fully saturated rings. The SMILES string of the molecule is Cc1ccc2c(CN3CC(C(=O)O)C3)cc(=O)oc2c1. The van der Waals surface area contributed by atoms with Gasteiger partial charge < -0.3 is 9.52 Å². The highest BCUT2D eigenvalue weighted by atomic mass is 16.4. The average molecular weight is 273 g/mol. The zero-order chi connectivity index (χ0) is 14.3. The summed E-state index contributed by atoms with van der Waals surface area (Å²) in [6, 6.07) is 7.25. The standard InChI is InChI=1S/C15H15NO4/c1-9-2-3-12-10(5-14(17)20-13(12)4-9)6-16-7-11(8-16)15(18)19/h2-5,11H,6-8H2,1H3,(H,18,19). The zero-order valence-electron chi connectivity index (χ0n) is 11.1. The third-order valence-corrected chi connectivity index (χ3v) is 3.69. The van der Waals surface area contributed by atoms with Gasteiger partial charge in [-0.05, 0) is 24.1 Å². The van der Waals surface area contributed by atoms with Crippen LogP contribution in [0.5, 0.6) is 0 Å². The second kappa shape index (κ2) is 4.76. The van der Waals surface area contributed by atoms with Crippen molar-refractivity contribution in [3.63, 3.8) is 0 Å². The van der Waals surface area contributed by atoms with Gasteiger partial charge in [-0.2, -0.15) is 0 Å². The number of nitrogens with zero attached hydrogens (tertiary/aromatic N) is 1. The van der Waals surface area contributed by atoms with Crippen molar-refractivity contribution in [3.8, 4) is 0 Å². The van der Waals surface area contributed by atoms with Gasteiger partial charge >= 0.3 is 11.6 Å². The summed E-state index contributed by atoms with van der Waals surface area (Å²) >= 11 is 0. The molecule has 1 N–H and O–H groups in total. The van der Waals surface area contributed by atoms with Crippen LogP contribution < -0.4 is 5.63 Å². The van der Waals surface area contributed by atoms with Crippen LogP contribution in [0.15, 0.2) is 33.5 Å². The van der Waals surface area contributed by atoms with Crippen molar-refractivity contribution in [2.45, 2.75) is 13.5 Å². The smallest absolute Gasteiger partial charge is 0.336 e. The molecule has 2 aromatic rings. The fraction of sp³-hybridized carbons (Fsp3) is 0.333. The van der Waals surface area contributed by atoms with Crippen LogP contribution in [-0.4, -0.2) is 29.1 Å². The number of hydrogen-bond acceptors (Lipinski definition) is 4. The van der Waals surface area contributed by atoms with Crippen molar-refractivity contribution < 1.29 is 14.3 Å². The van der Waals surface area contributed by atoms with E-state index in [9.17, 15) is 9.59 Å². The molecule has 1 aromatic heterocycles. The van der Waals surface area contributed by atoms with Crippen LogP contribution in [0, 0.1) is 12.8 Å². The minimum absolute atomic E-state index is 0.288. The summed E-state index contributed by atoms with van der Waals surface area (Å²) in [5, 5.41) is 9.78. The van der Waals surface area contributed by atoms with Gasteiger partial charge in [0.05, 0.1) is 5.92 Å². The first-order valence-corrected chi connectivity index (χ1v) is 6.51. The lowest BCUT2D eigenvalue weighted by Gasteiger charge is -2.36. The topological polar surface area (TPSA) is 70.8 Å². The van der Waals surface area contributed by atoms with Crippen LogP contribution in [0.4, 0.5) is 0 Å². The first-order chi connectivity index (χ1) is 9.52. The molecular weight excluding hydrogens is 258 g/mol. The molecule has 104 valence electrons. The minimum atomic E-state index is -0.755. The van der Waals surface area contributed by atoms with Crippen LogP contribution in [0.1, 0.15) is 11.1 Å². The Morgan fingerprint density at radius 3 is 2.85 bits per heavy atom. The van der Waals surface area contributed by atoms with Crippen molar-refractivity contribution in [2.75, 3.05) is 13.1 Å². The molecule has 2 heterocycles. The maximum Gasteiger partial charge on any atom is 0.336 e. The van der Waals surface area contributed by atoms with E-state index in [2.05, 4.69) is 0 Å². The van der Waals surface area contributed by atoms with Gasteiger partial charge in [0.15, 0.2) is 0 Å². The summed E-state index contributed by atoms with van der Waals surface area (Å²) in [5.74, 6) is -1.04. The monoisotopic (exact) mass is 273 g/mol. The van der Waals surface area contributed by atoms with E-state index in [-0.39, 0.29) is 11.5 Å². The summed E-state index contributed by atoms with van der Waals surface area (Å²) in [7, 11) is 0. The van der Waals surface area contributed by atoms with Crippen molar-refractivity contribution in [1.82, 2.24) is 4.90 Å². The first-order valence-electron chi connectivity index (χ1n) is 6.51. The average Bonchev–Trinajstić information content (AvgIpc) is 2.31. The van der Waals surface area contributed by atoms with Crippen molar-refractivity contribution >= 4 is 16.9 Å². The molecule has 1 saturated heterocycles. The second-order valence-corrected chi connectivity index (χ2v) is 5.32. The molecule has 1 aliphatic rings. The number of carboxylic acid groups (broad SMARTS) is 1. The van der Waals surface area contributed by atoms with E-state index in [1.165, 1.54) is 6.07 Å². The number of carbonyl (C=O) groups is 1. The van der Waals surface area contributed by atoms with Gasteiger partial charge in [-0.1, -0.05) is 12.1 Å². The van der Waals surface area contributed by atoms with Gasteiger partial charge in [0.2, 0.25) is 0 Å². The highest BCUT2D eigenvalue weighted by Gasteiger charge is 2.32. The molecule has 1 aliphatic heterocycles. The van der Waals surface area contributed by atoms with E-state index in [0.29, 0.717) is 25.2 Å². The maximum atomic E-state index is 11.6. The summed E-state index contributed by atoms with van der Waals surface area (Å²) in [4.78, 5) is 24.4. The highest BCUT2D eigenvalue weighted by Crippen LogP contribution is 2.23. The van der Waals surface area contributed by atoms with E-state index >= 15 is 0 Å². The van der Waals surface area contributed by atoms with Gasteiger partial charge in [-0.25, -0.2) is 4.79 Å². The molecule has 0 radical (unpaired) electrons. The fourth-order valence-electron chi connectivity index (χ4n) is 2.56. The molecule has 0 atom stereocenters. The largest absolute Gasteiger partial charge is 0.481 e. The normalized spacial score (nSPS) is 16.2. The summed E-state index contributed by atoms with van der Waals surface area (Å²) in [6.45, 7) is 3.58. The van der Waals surface area contributed by atoms with Crippen molar-refractivity contribution in [2.24, 2.45) is 5.92 Å². The summed E-state index contributed by atoms with van der Waals surface area (Å²) < 4.78 is 5.21. The van der Waals surface area contributed by atoms with E-state index in [1.807, 2.05) is 30.0 Å². The molecule has 0 unspecified atom stereocenters. The fourth-order valence-corrected chi connectivity index (χ4v) is 2.56. The first kappa shape index (κ1) is 12.9. The highest BCUT2D eigenvalue weighted by molar-refractivity contribution is 5.80. The maximum absolute atomic E-state index is 11.6. The number of fused-ring (bicyclic) bond motifs is 1. The number of likely N-dealkylation sites (tertiary alicyclic amines) is 1. The van der Waals surface area contributed by atoms with Gasteiger partial charge in [-0.15, -0.1) is 0 Å². The van der Waals surface area contributed by atoms with Gasteiger partial charge in [-0.3, -0.25) is 9.69 Å². The number of carboxylic acids is 1. The molecule has 0 spiro atoms. The Labute approximate surface area is 115 Å². The molecule has 0 aliphatic carbocycles. The minimum Gasteiger partial charge on any atom is -0.481 e. The van der Waals surface area contributed by atoms with E-state index in [0.717, 1.165) is 16.5 Å². The molecule has 0 saturated carbocycles. The molecular formula is C15H15NO4. The third kappa shape index (κ3) is 2.32. The predicted octanol–water partition coefficient (Wildman–Crippen LogP) is 1.62. The second-order valence-electron chi connectivity index (χ2n) is 5.32. The quantitative estimate of drug-likeness (QED) is 0.860. The predicted molar refractivity (Wildman–Crippen MR) is 73.6 cm³/mol. The Bertz CT molecular complexity index is 728. The zero-order valence-corrected chi connectivity index (χ0v) is 11.1. The molecule has 5 heteroatoms. The lowest BCUT2D eigenvalue weighted by atomic mass is 9.99. The molecule has 0 amide bonds. The molecule has 1 aromatic carbocycles. The third-order valence-electron chi connectivity index (χ3n) is 3.69. The molecule has 5 nitrogen and oxygen atoms in total. The number of benzene rings is 1. The van der Waals surface area contributed by atoms with Crippen LogP contribution in [0.2, 0.25) is 0 Å². The Balaban J connectivity index is 1.88. The number of rotatable bonds is 3. The van der Waals surface area contributed by atoms with Crippen molar-refractivity contribution in [1.29, 1.82) is 0 Å². The molecule has 0 bridgehead atoms. The molecule has 3 rings (SSSR count). The van der Waals surface area contributed by atoms with E-state index < -0.39 is 5.97 Å². The van der Waals surface area contributed by atoms with Crippen LogP contribution in [0.25, 0.3) is 11.0 Å². The van der Waals surface area contributed by atoms with E-state index in [1.54, 1.807) is 0 Å². The van der Waals surface area contributed by atoms with Crippen LogP contribution in [-0.2, 0) is 11.3 Å². The van der Waals surface area contributed by atoms with E-state index in [4.69, 9.17) is 9.52 Å². The number of hydrogen-bond donors (Lipinski definition) is 1. The lowest BCUT2D eigenvalue weighted by molar-refractivity contribution is -0.147. The summed E-state index contributed by atoms with van der Waals surface area (Å²) in [6.07, 6.45) is 0. The summed E-state index contributed by atoms with van der Waals surface area (Å²) in [5.41, 5.74) is 2.14. The molecule has 20 heavy (non-hydrogen) atoms. The Morgan fingerprint density at radius 1 is 1.40 bits per heavy atom. The number of aliphatic carboxylic acids is 1. The van der Waals surface area contributed by atoms with Crippen molar-refractivity contribution in [3.05, 3.63) is 45.8 Å². The van der Waals surface area contributed by atoms with Crippen LogP contribution in [0.3, 0.4) is 0 Å². The Morgan fingerprint density at radius 2 is 2.15 bits per heavy atom. The van der Waals surface area contributed by atoms with Gasteiger partial charge in [0, 0.05) is 31.1 Å². The Kier molecular flexibility index (Phi) is 3.06. The van der Waals surface area contributed by atoms with Gasteiger partial charge in [0.25, 0.3) is 0 Å².